The Hall–Kier alpha value is -3.67. The predicted molar refractivity (Wildman–Crippen MR) is 193 cm³/mol. The molecule has 12 heteroatoms. The van der Waals surface area contributed by atoms with Crippen LogP contribution in [0.25, 0.3) is 0 Å². The standard InChI is InChI=1S/C38H41Cl2N3O6S/c1-43-15-13-27(14-16-43)48-37(45)38(25-7-5-4-6-8-25)19-26(20-38)42-21-28-10-12-35(50-28)36(44)49-33(18-29-30(39)22-41-23-31(29)40)24-9-11-32(46-2)34(17-24)47-3/h4-12,17,22-23,26-27,33,42H,13-16,18-21H2,1-3H3/p+1/t26?,33-,38?/m0/s1. The van der Waals surface area contributed by atoms with Crippen molar-refractivity contribution in [2.45, 2.75) is 62.3 Å². The number of nitrogens with one attached hydrogen (secondary N) is 2. The minimum absolute atomic E-state index is 0.0397. The number of carbonyl (C=O) groups excluding carboxylic acids is 2. The van der Waals surface area contributed by atoms with Gasteiger partial charge in [0.2, 0.25) is 0 Å². The molecule has 1 aliphatic carbocycles. The number of piperidine rings is 1. The van der Waals surface area contributed by atoms with Crippen molar-refractivity contribution in [3.8, 4) is 11.5 Å². The van der Waals surface area contributed by atoms with E-state index < -0.39 is 17.5 Å². The monoisotopic (exact) mass is 738 g/mol. The summed E-state index contributed by atoms with van der Waals surface area (Å²) in [6, 6.07) is 19.2. The smallest absolute Gasteiger partial charge is 0.348 e. The molecule has 0 radical (unpaired) electrons. The van der Waals surface area contributed by atoms with Crippen molar-refractivity contribution >= 4 is 46.5 Å². The maximum Gasteiger partial charge on any atom is 0.348 e. The Morgan fingerprint density at radius 2 is 1.68 bits per heavy atom. The number of H-pyrrole nitrogens is 1. The Morgan fingerprint density at radius 1 is 0.980 bits per heavy atom. The van der Waals surface area contributed by atoms with E-state index in [4.69, 9.17) is 42.1 Å². The molecule has 2 aromatic heterocycles. The van der Waals surface area contributed by atoms with Gasteiger partial charge in [0.1, 0.15) is 27.1 Å². The fourth-order valence-corrected chi connectivity index (χ4v) is 8.10. The van der Waals surface area contributed by atoms with E-state index in [0.717, 1.165) is 36.4 Å². The molecule has 0 spiro atoms. The molecular weight excluding hydrogens is 697 g/mol. The Bertz CT molecular complexity index is 1770. The molecule has 50 heavy (non-hydrogen) atoms. The molecule has 2 aliphatic rings. The van der Waals surface area contributed by atoms with Gasteiger partial charge in [-0.2, -0.15) is 0 Å². The number of nitrogens with zero attached hydrogens (tertiary/aromatic N) is 1. The number of hydrogen-bond acceptors (Lipinski definition) is 9. The number of methoxy groups -OCH3 is 2. The van der Waals surface area contributed by atoms with Crippen molar-refractivity contribution in [1.29, 1.82) is 0 Å². The second kappa shape index (κ2) is 16.1. The minimum atomic E-state index is -0.709. The number of hydrogen-bond donors (Lipinski definition) is 1. The minimum Gasteiger partial charge on any atom is -0.493 e. The van der Waals surface area contributed by atoms with Gasteiger partial charge in [0.15, 0.2) is 23.9 Å². The van der Waals surface area contributed by atoms with Gasteiger partial charge in [-0.1, -0.05) is 59.6 Å². The summed E-state index contributed by atoms with van der Waals surface area (Å²) >= 11 is 14.3. The van der Waals surface area contributed by atoms with Gasteiger partial charge in [0, 0.05) is 42.5 Å². The first-order valence-electron chi connectivity index (χ1n) is 16.7. The molecule has 1 saturated heterocycles. The summed E-state index contributed by atoms with van der Waals surface area (Å²) in [5.74, 6) is 0.483. The zero-order chi connectivity index (χ0) is 35.3. The van der Waals surface area contributed by atoms with Crippen LogP contribution in [0.2, 0.25) is 10.0 Å². The lowest BCUT2D eigenvalue weighted by Gasteiger charge is -2.47. The average molecular weight is 740 g/mol. The number of likely N-dealkylation sites (tertiary alicyclic amines) is 1. The van der Waals surface area contributed by atoms with Crippen molar-refractivity contribution < 1.29 is 33.5 Å². The highest BCUT2D eigenvalue weighted by atomic mass is 35.5. The Labute approximate surface area is 306 Å². The van der Waals surface area contributed by atoms with E-state index in [1.807, 2.05) is 42.5 Å². The van der Waals surface area contributed by atoms with Gasteiger partial charge in [0.05, 0.1) is 19.6 Å². The summed E-state index contributed by atoms with van der Waals surface area (Å²) < 4.78 is 23.1. The van der Waals surface area contributed by atoms with E-state index in [-0.39, 0.29) is 24.5 Å². The van der Waals surface area contributed by atoms with E-state index in [1.54, 1.807) is 44.8 Å². The van der Waals surface area contributed by atoms with Gasteiger partial charge in [-0.15, -0.1) is 11.3 Å². The van der Waals surface area contributed by atoms with E-state index >= 15 is 0 Å². The van der Waals surface area contributed by atoms with Gasteiger partial charge in [-0.3, -0.25) is 4.79 Å². The largest absolute Gasteiger partial charge is 0.493 e. The van der Waals surface area contributed by atoms with Crippen LogP contribution in [-0.4, -0.2) is 63.3 Å². The maximum atomic E-state index is 13.7. The van der Waals surface area contributed by atoms with Crippen LogP contribution in [0.3, 0.4) is 0 Å². The van der Waals surface area contributed by atoms with Crippen LogP contribution in [0.4, 0.5) is 0 Å². The molecule has 2 aromatic carbocycles. The number of pyridine rings is 1. The molecule has 264 valence electrons. The van der Waals surface area contributed by atoms with E-state index in [9.17, 15) is 9.59 Å². The SMILES string of the molecule is COc1ccc([C@H](Cc2c(Cl)c[nH+]cc2Cl)OC(=O)c2ccc(CNC3CC(C(=O)OC4CCN(C)CC4)(c4ccccc4)C3)s2)cc1OC. The summed E-state index contributed by atoms with van der Waals surface area (Å²) in [5.41, 5.74) is 1.69. The lowest BCUT2D eigenvalue weighted by Crippen LogP contribution is -2.57. The Kier molecular flexibility index (Phi) is 11.7. The number of ether oxygens (including phenoxy) is 4. The third kappa shape index (κ3) is 8.11. The Morgan fingerprint density at radius 3 is 2.36 bits per heavy atom. The molecule has 2 fully saturated rings. The second-order valence-corrected chi connectivity index (χ2v) is 14.9. The maximum absolute atomic E-state index is 13.7. The molecular formula is C38H42Cl2N3O6S+. The van der Waals surface area contributed by atoms with Crippen LogP contribution in [0.1, 0.15) is 63.0 Å². The highest BCUT2D eigenvalue weighted by Gasteiger charge is 2.53. The molecule has 1 atom stereocenters. The zero-order valence-electron chi connectivity index (χ0n) is 28.4. The highest BCUT2D eigenvalue weighted by molar-refractivity contribution is 7.13. The summed E-state index contributed by atoms with van der Waals surface area (Å²) in [6.45, 7) is 2.42. The van der Waals surface area contributed by atoms with Crippen molar-refractivity contribution in [1.82, 2.24) is 10.2 Å². The first-order chi connectivity index (χ1) is 24.2. The quantitative estimate of drug-likeness (QED) is 0.149. The number of halogens is 2. The van der Waals surface area contributed by atoms with Gasteiger partial charge in [0.25, 0.3) is 0 Å². The summed E-state index contributed by atoms with van der Waals surface area (Å²) in [7, 11) is 5.21. The van der Waals surface area contributed by atoms with Crippen LogP contribution >= 0.6 is 34.5 Å². The Balaban J connectivity index is 1.11. The van der Waals surface area contributed by atoms with Crippen LogP contribution in [0.15, 0.2) is 73.1 Å². The third-order valence-electron chi connectivity index (χ3n) is 9.69. The number of rotatable bonds is 13. The summed E-state index contributed by atoms with van der Waals surface area (Å²) in [6.07, 6.45) is 5.80. The van der Waals surface area contributed by atoms with E-state index in [2.05, 4.69) is 22.2 Å². The number of aromatic nitrogens is 1. The lowest BCUT2D eigenvalue weighted by atomic mass is 9.61. The summed E-state index contributed by atoms with van der Waals surface area (Å²) in [4.78, 5) is 33.9. The van der Waals surface area contributed by atoms with Crippen LogP contribution in [0, 0.1) is 0 Å². The number of benzene rings is 2. The third-order valence-corrected chi connectivity index (χ3v) is 11.4. The van der Waals surface area contributed by atoms with Crippen molar-refractivity contribution in [2.75, 3.05) is 34.4 Å². The van der Waals surface area contributed by atoms with Gasteiger partial charge < -0.3 is 29.2 Å². The van der Waals surface area contributed by atoms with E-state index in [1.165, 1.54) is 11.3 Å². The topological polar surface area (TPSA) is 100 Å². The van der Waals surface area contributed by atoms with Crippen molar-refractivity contribution in [2.24, 2.45) is 0 Å². The fraction of sp³-hybridized carbons (Fsp3) is 0.395. The van der Waals surface area contributed by atoms with Gasteiger partial charge >= 0.3 is 11.9 Å². The van der Waals surface area contributed by atoms with Crippen molar-refractivity contribution in [3.05, 3.63) is 110 Å². The second-order valence-electron chi connectivity index (χ2n) is 13.0. The van der Waals surface area contributed by atoms with Gasteiger partial charge in [-0.25, -0.2) is 9.78 Å². The molecule has 0 amide bonds. The molecule has 9 nitrogen and oxygen atoms in total. The molecule has 6 rings (SSSR count). The van der Waals surface area contributed by atoms with Crippen LogP contribution in [-0.2, 0) is 32.6 Å². The molecule has 4 aromatic rings. The highest BCUT2D eigenvalue weighted by Crippen LogP contribution is 2.46. The predicted octanol–water partition coefficient (Wildman–Crippen LogP) is 6.85. The zero-order valence-corrected chi connectivity index (χ0v) is 30.7. The number of aromatic amines is 1. The molecule has 1 saturated carbocycles. The summed E-state index contributed by atoms with van der Waals surface area (Å²) in [5, 5.41) is 4.47. The first-order valence-corrected chi connectivity index (χ1v) is 18.3. The molecule has 1 aliphatic heterocycles. The van der Waals surface area contributed by atoms with E-state index in [0.29, 0.717) is 56.9 Å². The number of esters is 2. The first kappa shape index (κ1) is 36.1. The van der Waals surface area contributed by atoms with Crippen LogP contribution in [0.5, 0.6) is 11.5 Å². The molecule has 0 bridgehead atoms. The average Bonchev–Trinajstić information content (AvgIpc) is 3.59. The van der Waals surface area contributed by atoms with Crippen LogP contribution < -0.4 is 19.8 Å². The molecule has 2 N–H and O–H groups in total. The number of thiophene rings is 1. The fourth-order valence-electron chi connectivity index (χ4n) is 6.72. The van der Waals surface area contributed by atoms with Gasteiger partial charge in [-0.05, 0) is 68.1 Å². The van der Waals surface area contributed by atoms with Crippen molar-refractivity contribution in [3.63, 3.8) is 0 Å². The lowest BCUT2D eigenvalue weighted by molar-refractivity contribution is -0.377. The molecule has 0 unspecified atom stereocenters. The molecule has 3 heterocycles. The normalized spacial score (nSPS) is 20.1. The number of carbonyl (C=O) groups is 2.